The predicted molar refractivity (Wildman–Crippen MR) is 78.1 cm³/mol. The molecule has 0 nitrogen and oxygen atoms in total. The molecule has 0 aliphatic heterocycles. The van der Waals surface area contributed by atoms with Crippen LogP contribution in [0.25, 0.3) is 11.1 Å². The third-order valence-corrected chi connectivity index (χ3v) is 4.95. The molecule has 3 rings (SSSR count). The first kappa shape index (κ1) is 10.5. The third kappa shape index (κ3) is 1.58. The fourth-order valence-corrected chi connectivity index (χ4v) is 4.20. The van der Waals surface area contributed by atoms with Crippen molar-refractivity contribution in [2.75, 3.05) is 0 Å². The van der Waals surface area contributed by atoms with E-state index in [2.05, 4.69) is 61.5 Å². The Kier molecular flexibility index (Phi) is 2.48. The molecule has 0 saturated heterocycles. The van der Waals surface area contributed by atoms with Gasteiger partial charge in [0, 0.05) is 10.2 Å². The van der Waals surface area contributed by atoms with Gasteiger partial charge in [-0.15, -0.1) is 0 Å². The van der Waals surface area contributed by atoms with Crippen LogP contribution in [0.3, 0.4) is 0 Å². The van der Waals surface area contributed by atoms with Crippen LogP contribution in [-0.4, -0.2) is 10.2 Å². The van der Waals surface area contributed by atoms with E-state index in [1.165, 1.54) is 32.5 Å². The van der Waals surface area contributed by atoms with Gasteiger partial charge in [-0.05, 0) is 40.3 Å². The van der Waals surface area contributed by atoms with Gasteiger partial charge in [-0.25, -0.2) is 0 Å². The van der Waals surface area contributed by atoms with Gasteiger partial charge >= 0.3 is 0 Å². The van der Waals surface area contributed by atoms with Crippen LogP contribution in [0.4, 0.5) is 0 Å². The average molecular weight is 236 g/mol. The maximum absolute atomic E-state index is 2.28. The second kappa shape index (κ2) is 4.01. The molecule has 0 fully saturated rings. The van der Waals surface area contributed by atoms with Crippen LogP contribution in [0, 0.1) is 0 Å². The van der Waals surface area contributed by atoms with Crippen LogP contribution in [-0.2, 0) is 0 Å². The minimum Gasteiger partial charge on any atom is -0.0622 e. The molecule has 2 aromatic rings. The Hall–Kier alpha value is -1.60. The summed E-state index contributed by atoms with van der Waals surface area (Å²) in [4.78, 5) is 0. The molecule has 0 bridgehead atoms. The SMILES string of the molecule is CC1=C(c2ccccc2)C([SiH3])c2ccccc21. The van der Waals surface area contributed by atoms with E-state index in [0.717, 1.165) is 0 Å². The molecule has 1 aliphatic carbocycles. The molecule has 17 heavy (non-hydrogen) atoms. The van der Waals surface area contributed by atoms with Crippen LogP contribution >= 0.6 is 0 Å². The van der Waals surface area contributed by atoms with Gasteiger partial charge in [-0.3, -0.25) is 0 Å². The maximum atomic E-state index is 2.28. The molecular weight excluding hydrogens is 220 g/mol. The van der Waals surface area contributed by atoms with E-state index in [1.54, 1.807) is 5.57 Å². The smallest absolute Gasteiger partial charge is 0.0179 e. The average Bonchev–Trinajstić information content (AvgIpc) is 2.64. The Morgan fingerprint density at radius 2 is 1.53 bits per heavy atom. The van der Waals surface area contributed by atoms with Gasteiger partial charge in [-0.1, -0.05) is 54.6 Å². The number of hydrogen-bond donors (Lipinski definition) is 0. The van der Waals surface area contributed by atoms with Gasteiger partial charge in [0.25, 0.3) is 0 Å². The van der Waals surface area contributed by atoms with E-state index in [4.69, 9.17) is 0 Å². The molecule has 0 N–H and O–H groups in total. The predicted octanol–water partition coefficient (Wildman–Crippen LogP) is 3.04. The molecule has 0 aromatic heterocycles. The van der Waals surface area contributed by atoms with Crippen molar-refractivity contribution in [2.24, 2.45) is 0 Å². The highest BCUT2D eigenvalue weighted by atomic mass is 28.1. The molecule has 1 aliphatic rings. The van der Waals surface area contributed by atoms with Crippen LogP contribution in [0.2, 0.25) is 0 Å². The first-order chi connectivity index (χ1) is 8.29. The van der Waals surface area contributed by atoms with Gasteiger partial charge < -0.3 is 0 Å². The lowest BCUT2D eigenvalue weighted by Crippen LogP contribution is -1.97. The zero-order valence-electron chi connectivity index (χ0n) is 10.3. The molecular formula is C16H16Si. The highest BCUT2D eigenvalue weighted by Gasteiger charge is 2.25. The molecule has 0 saturated carbocycles. The summed E-state index contributed by atoms with van der Waals surface area (Å²) in [5.74, 6) is 0. The standard InChI is InChI=1S/C16H16Si/c1-11-13-9-5-6-10-14(13)16(17)15(11)12-7-3-2-4-8-12/h2-10,16H,1,17H3. The topological polar surface area (TPSA) is 0 Å². The van der Waals surface area contributed by atoms with Crippen molar-refractivity contribution >= 4 is 21.4 Å². The second-order valence-corrected chi connectivity index (χ2v) is 5.87. The molecule has 0 spiro atoms. The summed E-state index contributed by atoms with van der Waals surface area (Å²) in [6.45, 7) is 2.26. The quantitative estimate of drug-likeness (QED) is 0.668. The largest absolute Gasteiger partial charge is 0.0622 e. The first-order valence-corrected chi connectivity index (χ1v) is 7.30. The van der Waals surface area contributed by atoms with Gasteiger partial charge in [0.15, 0.2) is 0 Å². The highest BCUT2D eigenvalue weighted by Crippen LogP contribution is 2.44. The summed E-state index contributed by atoms with van der Waals surface area (Å²) in [7, 11) is 1.18. The van der Waals surface area contributed by atoms with E-state index >= 15 is 0 Å². The van der Waals surface area contributed by atoms with E-state index in [1.807, 2.05) is 0 Å². The fraction of sp³-hybridized carbons (Fsp3) is 0.125. The van der Waals surface area contributed by atoms with Gasteiger partial charge in [0.05, 0.1) is 0 Å². The molecule has 84 valence electrons. The minimum atomic E-state index is 0.647. The summed E-state index contributed by atoms with van der Waals surface area (Å²) in [6, 6.07) is 19.7. The second-order valence-electron chi connectivity index (χ2n) is 4.71. The van der Waals surface area contributed by atoms with E-state index in [9.17, 15) is 0 Å². The number of rotatable bonds is 1. The lowest BCUT2D eigenvalue weighted by atomic mass is 10.0. The Balaban J connectivity index is 2.18. The Bertz CT molecular complexity index is 581. The van der Waals surface area contributed by atoms with Crippen molar-refractivity contribution in [1.29, 1.82) is 0 Å². The number of hydrogen-bond acceptors (Lipinski definition) is 0. The summed E-state index contributed by atoms with van der Waals surface area (Å²) in [5, 5.41) is 0. The molecule has 2 aromatic carbocycles. The molecule has 1 heteroatoms. The molecule has 0 amide bonds. The summed E-state index contributed by atoms with van der Waals surface area (Å²) < 4.78 is 0. The van der Waals surface area contributed by atoms with Crippen LogP contribution in [0.1, 0.15) is 29.2 Å². The zero-order chi connectivity index (χ0) is 11.8. The zero-order valence-corrected chi connectivity index (χ0v) is 12.3. The van der Waals surface area contributed by atoms with Crippen LogP contribution in [0.5, 0.6) is 0 Å². The molecule has 1 unspecified atom stereocenters. The van der Waals surface area contributed by atoms with E-state index < -0.39 is 0 Å². The Labute approximate surface area is 105 Å². The lowest BCUT2D eigenvalue weighted by molar-refractivity contribution is 1.26. The summed E-state index contributed by atoms with van der Waals surface area (Å²) in [6.07, 6.45) is 0. The van der Waals surface area contributed by atoms with E-state index in [0.29, 0.717) is 5.54 Å². The van der Waals surface area contributed by atoms with Crippen molar-refractivity contribution in [2.45, 2.75) is 12.5 Å². The third-order valence-electron chi connectivity index (χ3n) is 3.75. The number of benzene rings is 2. The number of allylic oxidation sites excluding steroid dienone is 2. The number of fused-ring (bicyclic) bond motifs is 1. The highest BCUT2D eigenvalue weighted by molar-refractivity contribution is 6.24. The first-order valence-electron chi connectivity index (χ1n) is 6.14. The monoisotopic (exact) mass is 236 g/mol. The van der Waals surface area contributed by atoms with Gasteiger partial charge in [0.2, 0.25) is 0 Å². The summed E-state index contributed by atoms with van der Waals surface area (Å²) >= 11 is 0. The molecule has 0 radical (unpaired) electrons. The van der Waals surface area contributed by atoms with E-state index in [-0.39, 0.29) is 0 Å². The minimum absolute atomic E-state index is 0.647. The Morgan fingerprint density at radius 1 is 0.882 bits per heavy atom. The van der Waals surface area contributed by atoms with Crippen molar-refractivity contribution in [1.82, 2.24) is 0 Å². The fourth-order valence-electron chi connectivity index (χ4n) is 2.93. The van der Waals surface area contributed by atoms with Crippen molar-refractivity contribution in [3.05, 3.63) is 71.3 Å². The van der Waals surface area contributed by atoms with Crippen LogP contribution in [0.15, 0.2) is 54.6 Å². The van der Waals surface area contributed by atoms with Crippen molar-refractivity contribution in [3.8, 4) is 0 Å². The summed E-state index contributed by atoms with van der Waals surface area (Å²) in [5.41, 5.74) is 8.02. The van der Waals surface area contributed by atoms with Gasteiger partial charge in [-0.2, -0.15) is 0 Å². The lowest BCUT2D eigenvalue weighted by Gasteiger charge is -2.11. The maximum Gasteiger partial charge on any atom is 0.0179 e. The normalized spacial score (nSPS) is 18.5. The van der Waals surface area contributed by atoms with Gasteiger partial charge in [0.1, 0.15) is 0 Å². The molecule has 0 heterocycles. The van der Waals surface area contributed by atoms with Crippen molar-refractivity contribution in [3.63, 3.8) is 0 Å². The Morgan fingerprint density at radius 3 is 2.24 bits per heavy atom. The van der Waals surface area contributed by atoms with Crippen molar-refractivity contribution < 1.29 is 0 Å². The molecule has 1 atom stereocenters. The van der Waals surface area contributed by atoms with Crippen LogP contribution < -0.4 is 0 Å².